The summed E-state index contributed by atoms with van der Waals surface area (Å²) >= 11 is 5.88. The molecule has 1 unspecified atom stereocenters. The Morgan fingerprint density at radius 2 is 1.97 bits per heavy atom. The number of halogens is 1. The number of ether oxygens (including phenoxy) is 1. The summed E-state index contributed by atoms with van der Waals surface area (Å²) in [5.74, 6) is -0.253. The second-order valence-corrected chi connectivity index (χ2v) is 8.38. The van der Waals surface area contributed by atoms with Gasteiger partial charge in [-0.2, -0.15) is 15.1 Å². The third-order valence-electron chi connectivity index (χ3n) is 5.64. The van der Waals surface area contributed by atoms with Crippen molar-refractivity contribution in [3.05, 3.63) is 59.1 Å². The Morgan fingerprint density at radius 1 is 1.20 bits per heavy atom. The monoisotopic (exact) mass is 500 g/mol. The Hall–Kier alpha value is -3.62. The van der Waals surface area contributed by atoms with Crippen LogP contribution in [0.25, 0.3) is 17.1 Å². The molecule has 1 aliphatic heterocycles. The number of anilines is 1. The van der Waals surface area contributed by atoms with E-state index in [1.165, 1.54) is 28.0 Å². The summed E-state index contributed by atoms with van der Waals surface area (Å²) in [5, 5.41) is 37.4. The largest absolute Gasteiger partial charge is 0.394 e. The molecule has 1 amide bonds. The maximum atomic E-state index is 12.6. The fourth-order valence-corrected chi connectivity index (χ4v) is 3.89. The molecule has 1 aromatic carbocycles. The van der Waals surface area contributed by atoms with E-state index in [9.17, 15) is 20.1 Å². The number of carbonyl (C=O) groups is 1. The van der Waals surface area contributed by atoms with Gasteiger partial charge in [0.1, 0.15) is 23.8 Å². The number of amides is 1. The summed E-state index contributed by atoms with van der Waals surface area (Å²) in [7, 11) is 0. The fraction of sp³-hybridized carbons (Fsp3) is 0.286. The van der Waals surface area contributed by atoms with Crippen LogP contribution < -0.4 is 11.1 Å². The number of nitrogens with one attached hydrogen (secondary N) is 1. The van der Waals surface area contributed by atoms with Crippen molar-refractivity contribution in [1.29, 1.82) is 0 Å². The maximum absolute atomic E-state index is 12.6. The molecule has 1 aliphatic rings. The molecule has 3 aromatic heterocycles. The molecule has 1 saturated heterocycles. The van der Waals surface area contributed by atoms with E-state index < -0.39 is 31.1 Å². The molecule has 13 nitrogen and oxygen atoms in total. The minimum absolute atomic E-state index is 0.0414. The molecule has 0 saturated carbocycles. The van der Waals surface area contributed by atoms with Crippen LogP contribution in [0.5, 0.6) is 0 Å². The molecular formula is C21H21ClN8O5. The van der Waals surface area contributed by atoms with Gasteiger partial charge in [0.2, 0.25) is 0 Å². The van der Waals surface area contributed by atoms with Gasteiger partial charge in [-0.15, -0.1) is 0 Å². The van der Waals surface area contributed by atoms with E-state index in [1.807, 2.05) is 12.1 Å². The Labute approximate surface area is 202 Å². The van der Waals surface area contributed by atoms with Crippen molar-refractivity contribution < 1.29 is 24.9 Å². The lowest BCUT2D eigenvalue weighted by atomic mass is 10.1. The van der Waals surface area contributed by atoms with Crippen LogP contribution in [0.3, 0.4) is 0 Å². The van der Waals surface area contributed by atoms with E-state index in [1.54, 1.807) is 12.1 Å². The number of nitrogen functional groups attached to an aromatic ring is 1. The van der Waals surface area contributed by atoms with E-state index in [0.717, 1.165) is 5.56 Å². The normalized spacial score (nSPS) is 22.1. The second-order valence-electron chi connectivity index (χ2n) is 7.94. The van der Waals surface area contributed by atoms with Gasteiger partial charge in [0, 0.05) is 17.8 Å². The van der Waals surface area contributed by atoms with Crippen molar-refractivity contribution in [2.75, 3.05) is 12.3 Å². The van der Waals surface area contributed by atoms with E-state index in [0.29, 0.717) is 11.6 Å². The van der Waals surface area contributed by atoms with Crippen LogP contribution in [0.1, 0.15) is 22.1 Å². The molecule has 14 heteroatoms. The van der Waals surface area contributed by atoms with Gasteiger partial charge in [-0.25, -0.2) is 9.67 Å². The van der Waals surface area contributed by atoms with Crippen molar-refractivity contribution in [3.8, 4) is 5.95 Å². The highest BCUT2D eigenvalue weighted by Crippen LogP contribution is 2.32. The summed E-state index contributed by atoms with van der Waals surface area (Å²) < 4.78 is 8.24. The topological polar surface area (TPSA) is 186 Å². The zero-order valence-electron chi connectivity index (χ0n) is 18.1. The quantitative estimate of drug-likeness (QED) is 0.237. The Morgan fingerprint density at radius 3 is 2.69 bits per heavy atom. The van der Waals surface area contributed by atoms with Gasteiger partial charge in [0.15, 0.2) is 17.7 Å². The summed E-state index contributed by atoms with van der Waals surface area (Å²) in [6, 6.07) is 7.11. The second kappa shape index (κ2) is 9.20. The number of aromatic nitrogens is 6. The van der Waals surface area contributed by atoms with Gasteiger partial charge in [0.05, 0.1) is 24.7 Å². The van der Waals surface area contributed by atoms with Crippen LogP contribution in [0, 0.1) is 0 Å². The zero-order valence-corrected chi connectivity index (χ0v) is 18.8. The number of nitrogens with zero attached hydrogens (tertiary/aromatic N) is 6. The lowest BCUT2D eigenvalue weighted by molar-refractivity contribution is -0.0511. The average molecular weight is 501 g/mol. The molecule has 0 radical (unpaired) electrons. The number of imidazole rings is 1. The number of hydrogen-bond acceptors (Lipinski definition) is 10. The Kier molecular flexibility index (Phi) is 6.08. The van der Waals surface area contributed by atoms with Crippen molar-refractivity contribution in [2.24, 2.45) is 0 Å². The van der Waals surface area contributed by atoms with Gasteiger partial charge < -0.3 is 31.1 Å². The minimum atomic E-state index is -1.33. The lowest BCUT2D eigenvalue weighted by Gasteiger charge is -2.16. The van der Waals surface area contributed by atoms with Crippen LogP contribution in [-0.4, -0.2) is 75.4 Å². The lowest BCUT2D eigenvalue weighted by Crippen LogP contribution is -2.33. The third kappa shape index (κ3) is 4.31. The molecule has 4 heterocycles. The number of rotatable bonds is 6. The van der Waals surface area contributed by atoms with Gasteiger partial charge in [-0.1, -0.05) is 23.7 Å². The number of aliphatic hydroxyl groups excluding tert-OH is 3. The maximum Gasteiger partial charge on any atom is 0.254 e. The number of fused-ring (bicyclic) bond motifs is 1. The molecule has 0 bridgehead atoms. The van der Waals surface area contributed by atoms with Crippen LogP contribution in [0.4, 0.5) is 5.82 Å². The molecule has 0 spiro atoms. The van der Waals surface area contributed by atoms with E-state index >= 15 is 0 Å². The van der Waals surface area contributed by atoms with E-state index in [-0.39, 0.29) is 34.4 Å². The number of nitrogens with two attached hydrogens (primary N) is 1. The highest BCUT2D eigenvalue weighted by Gasteiger charge is 2.44. The number of benzene rings is 1. The minimum Gasteiger partial charge on any atom is -0.394 e. The molecule has 182 valence electrons. The van der Waals surface area contributed by atoms with E-state index in [4.69, 9.17) is 22.1 Å². The number of aliphatic hydroxyl groups is 3. The van der Waals surface area contributed by atoms with Gasteiger partial charge in [0.25, 0.3) is 11.9 Å². The van der Waals surface area contributed by atoms with Gasteiger partial charge in [-0.3, -0.25) is 9.36 Å². The van der Waals surface area contributed by atoms with Crippen LogP contribution in [0.15, 0.2) is 43.0 Å². The van der Waals surface area contributed by atoms with E-state index in [2.05, 4.69) is 25.4 Å². The first-order chi connectivity index (χ1) is 16.9. The molecular weight excluding hydrogens is 480 g/mol. The van der Waals surface area contributed by atoms with Gasteiger partial charge >= 0.3 is 0 Å². The highest BCUT2D eigenvalue weighted by atomic mass is 35.5. The Bertz CT molecular complexity index is 1370. The molecule has 5 rings (SSSR count). The summed E-state index contributed by atoms with van der Waals surface area (Å²) in [6.07, 6.45) is -0.480. The Balaban J connectivity index is 1.39. The summed E-state index contributed by atoms with van der Waals surface area (Å²) in [5.41, 5.74) is 7.69. The number of hydrogen-bond donors (Lipinski definition) is 5. The van der Waals surface area contributed by atoms with Gasteiger partial charge in [-0.05, 0) is 17.7 Å². The number of carbonyl (C=O) groups excluding carboxylic acids is 1. The van der Waals surface area contributed by atoms with Crippen molar-refractivity contribution in [2.45, 2.75) is 31.1 Å². The molecule has 4 aromatic rings. The molecule has 6 N–H and O–H groups in total. The van der Waals surface area contributed by atoms with Crippen LogP contribution in [0.2, 0.25) is 5.02 Å². The zero-order chi connectivity index (χ0) is 24.7. The third-order valence-corrected chi connectivity index (χ3v) is 5.90. The standard InChI is InChI=1S/C21H21ClN8O5/c22-12-3-1-10(2-4-12)5-24-19(34)11-6-26-30(7-11)21-27-17(23)14-18(28-21)29(9-25-14)20-16(33)15(32)13(8-31)35-20/h1-4,6-7,9,13,15-16,20,31-33H,5,8H2,(H,24,34)(H2,23,27,28)/t13?,15-,16-,20-/m1/s1. The summed E-state index contributed by atoms with van der Waals surface area (Å²) in [6.45, 7) is -0.167. The van der Waals surface area contributed by atoms with Crippen LogP contribution in [-0.2, 0) is 11.3 Å². The van der Waals surface area contributed by atoms with Crippen molar-refractivity contribution in [1.82, 2.24) is 34.6 Å². The summed E-state index contributed by atoms with van der Waals surface area (Å²) in [4.78, 5) is 25.4. The van der Waals surface area contributed by atoms with Crippen molar-refractivity contribution in [3.63, 3.8) is 0 Å². The highest BCUT2D eigenvalue weighted by molar-refractivity contribution is 6.30. The molecule has 0 aliphatic carbocycles. The predicted molar refractivity (Wildman–Crippen MR) is 122 cm³/mol. The first-order valence-corrected chi connectivity index (χ1v) is 10.9. The molecule has 4 atom stereocenters. The molecule has 35 heavy (non-hydrogen) atoms. The fourth-order valence-electron chi connectivity index (χ4n) is 3.76. The predicted octanol–water partition coefficient (Wildman–Crippen LogP) is -0.211. The molecule has 1 fully saturated rings. The first-order valence-electron chi connectivity index (χ1n) is 10.6. The van der Waals surface area contributed by atoms with Crippen LogP contribution >= 0.6 is 11.6 Å². The first kappa shape index (κ1) is 23.1. The van der Waals surface area contributed by atoms with Crippen molar-refractivity contribution >= 4 is 34.5 Å². The SMILES string of the molecule is Nc1nc(-n2cc(C(=O)NCc3ccc(Cl)cc3)cn2)nc2c1ncn2[C@@H]1OC(CO)[C@@H](O)[C@H]1O. The average Bonchev–Trinajstić information content (AvgIpc) is 3.57. The smallest absolute Gasteiger partial charge is 0.254 e.